The van der Waals surface area contributed by atoms with Gasteiger partial charge < -0.3 is 10.6 Å². The van der Waals surface area contributed by atoms with Crippen molar-refractivity contribution in [2.24, 2.45) is 10.8 Å². The molecule has 1 amide bonds. The maximum Gasteiger partial charge on any atom is 0.277 e. The molecule has 1 fully saturated rings. The van der Waals surface area contributed by atoms with Gasteiger partial charge in [-0.2, -0.15) is 5.10 Å². The predicted molar refractivity (Wildman–Crippen MR) is 84.8 cm³/mol. The van der Waals surface area contributed by atoms with Gasteiger partial charge in [0.1, 0.15) is 4.99 Å². The number of likely N-dealkylation sites (tertiary alicyclic amines) is 1. The van der Waals surface area contributed by atoms with Gasteiger partial charge in [0, 0.05) is 13.1 Å². The molecule has 6 heteroatoms. The number of hydrogen-bond donors (Lipinski definition) is 2. The van der Waals surface area contributed by atoms with E-state index in [0.717, 1.165) is 37.2 Å². The van der Waals surface area contributed by atoms with Gasteiger partial charge in [-0.25, -0.2) is 0 Å². The van der Waals surface area contributed by atoms with Crippen LogP contribution in [0.3, 0.4) is 0 Å². The Bertz CT molecular complexity index is 550. The van der Waals surface area contributed by atoms with E-state index in [1.54, 1.807) is 4.90 Å². The minimum absolute atomic E-state index is 0.0158. The molecule has 0 unspecified atom stereocenters. The Morgan fingerprint density at radius 1 is 1.40 bits per heavy atom. The fourth-order valence-corrected chi connectivity index (χ4v) is 2.25. The van der Waals surface area contributed by atoms with Crippen LogP contribution in [0.1, 0.15) is 18.4 Å². The van der Waals surface area contributed by atoms with Gasteiger partial charge in [0.05, 0.1) is 5.69 Å². The third kappa shape index (κ3) is 3.54. The predicted octanol–water partition coefficient (Wildman–Crippen LogP) is 1.67. The van der Waals surface area contributed by atoms with E-state index in [4.69, 9.17) is 18.0 Å². The average molecular weight is 290 g/mol. The highest BCUT2D eigenvalue weighted by atomic mass is 32.1. The summed E-state index contributed by atoms with van der Waals surface area (Å²) in [6.45, 7) is 3.47. The molecular weight excluding hydrogens is 272 g/mol. The van der Waals surface area contributed by atoms with Gasteiger partial charge in [0.25, 0.3) is 5.91 Å². The molecule has 1 heterocycles. The first kappa shape index (κ1) is 14.5. The van der Waals surface area contributed by atoms with Crippen molar-refractivity contribution in [1.82, 2.24) is 4.90 Å². The number of hydrazone groups is 1. The van der Waals surface area contributed by atoms with E-state index in [1.165, 1.54) is 0 Å². The highest BCUT2D eigenvalue weighted by Gasteiger charge is 2.24. The van der Waals surface area contributed by atoms with E-state index in [9.17, 15) is 4.79 Å². The Balaban J connectivity index is 2.13. The number of carbonyl (C=O) groups is 1. The number of nitrogens with two attached hydrogens (primary N) is 1. The summed E-state index contributed by atoms with van der Waals surface area (Å²) in [5.41, 5.74) is 10.5. The molecule has 20 heavy (non-hydrogen) atoms. The van der Waals surface area contributed by atoms with Crippen LogP contribution in [0.2, 0.25) is 0 Å². The molecule has 0 bridgehead atoms. The van der Waals surface area contributed by atoms with Gasteiger partial charge in [-0.1, -0.05) is 24.4 Å². The highest BCUT2D eigenvalue weighted by molar-refractivity contribution is 7.82. The quantitative estimate of drug-likeness (QED) is 0.503. The fourth-order valence-electron chi connectivity index (χ4n) is 2.11. The summed E-state index contributed by atoms with van der Waals surface area (Å²) in [6, 6.07) is 7.70. The Kier molecular flexibility index (Phi) is 4.68. The molecule has 1 saturated heterocycles. The summed E-state index contributed by atoms with van der Waals surface area (Å²) in [5.74, 6) is -0.199. The second-order valence-electron chi connectivity index (χ2n) is 4.81. The lowest BCUT2D eigenvalue weighted by molar-refractivity contribution is -0.122. The summed E-state index contributed by atoms with van der Waals surface area (Å²) < 4.78 is 0. The summed E-state index contributed by atoms with van der Waals surface area (Å²) in [4.78, 5) is 14.0. The molecule has 0 atom stereocenters. The smallest absolute Gasteiger partial charge is 0.277 e. The monoisotopic (exact) mass is 290 g/mol. The van der Waals surface area contributed by atoms with Crippen LogP contribution in [0.25, 0.3) is 0 Å². The number of nitrogens with one attached hydrogen (secondary N) is 1. The molecule has 2 rings (SSSR count). The number of anilines is 1. The molecule has 0 aliphatic carbocycles. The zero-order chi connectivity index (χ0) is 14.5. The van der Waals surface area contributed by atoms with E-state index in [1.807, 2.05) is 31.2 Å². The molecule has 5 nitrogen and oxygen atoms in total. The van der Waals surface area contributed by atoms with Gasteiger partial charge in [-0.15, -0.1) is 0 Å². The molecule has 0 radical (unpaired) electrons. The molecule has 1 aromatic carbocycles. The van der Waals surface area contributed by atoms with E-state index < -0.39 is 0 Å². The largest absolute Gasteiger partial charge is 0.388 e. The number of carbonyl (C=O) groups excluding carboxylic acids is 1. The van der Waals surface area contributed by atoms with Crippen molar-refractivity contribution < 1.29 is 4.79 Å². The normalized spacial score (nSPS) is 15.2. The molecule has 106 valence electrons. The Hall–Kier alpha value is -1.95. The third-order valence-corrected chi connectivity index (χ3v) is 3.34. The van der Waals surface area contributed by atoms with E-state index in [2.05, 4.69) is 10.5 Å². The Morgan fingerprint density at radius 2 is 2.10 bits per heavy atom. The number of benzene rings is 1. The molecule has 0 spiro atoms. The standard InChI is InChI=1S/C14H18N4OS/c1-10-5-4-6-11(9-10)16-17-12(13(15)20)14(19)18-7-2-3-8-18/h4-6,9,16H,2-3,7-8H2,1H3,(H2,15,20)/b17-12+. The van der Waals surface area contributed by atoms with Gasteiger partial charge in [-0.3, -0.25) is 10.2 Å². The first-order valence-corrected chi connectivity index (χ1v) is 6.98. The van der Waals surface area contributed by atoms with Crippen molar-refractivity contribution in [2.75, 3.05) is 18.5 Å². The van der Waals surface area contributed by atoms with Crippen LogP contribution in [-0.2, 0) is 4.79 Å². The van der Waals surface area contributed by atoms with Crippen LogP contribution in [0, 0.1) is 6.92 Å². The minimum Gasteiger partial charge on any atom is -0.388 e. The Morgan fingerprint density at radius 3 is 2.70 bits per heavy atom. The number of amides is 1. The SMILES string of the molecule is Cc1cccc(N/N=C(/C(=O)N2CCCC2)C(N)=S)c1. The summed E-state index contributed by atoms with van der Waals surface area (Å²) in [6.07, 6.45) is 2.03. The van der Waals surface area contributed by atoms with Gasteiger partial charge >= 0.3 is 0 Å². The lowest BCUT2D eigenvalue weighted by Crippen LogP contribution is -2.40. The van der Waals surface area contributed by atoms with Gasteiger partial charge in [0.15, 0.2) is 5.71 Å². The molecule has 0 aromatic heterocycles. The van der Waals surface area contributed by atoms with Crippen molar-refractivity contribution in [1.29, 1.82) is 0 Å². The molecule has 1 aliphatic heterocycles. The number of thiocarbonyl (C=S) groups is 1. The minimum atomic E-state index is -0.199. The number of aryl methyl sites for hydroxylation is 1. The molecular formula is C14H18N4OS. The van der Waals surface area contributed by atoms with Crippen LogP contribution in [0.15, 0.2) is 29.4 Å². The van der Waals surface area contributed by atoms with Crippen LogP contribution in [0.4, 0.5) is 5.69 Å². The number of nitrogens with zero attached hydrogens (tertiary/aromatic N) is 2. The summed E-state index contributed by atoms with van der Waals surface area (Å²) in [5, 5.41) is 4.09. The Labute approximate surface area is 123 Å². The first-order valence-electron chi connectivity index (χ1n) is 6.57. The average Bonchev–Trinajstić information content (AvgIpc) is 2.92. The highest BCUT2D eigenvalue weighted by Crippen LogP contribution is 2.11. The van der Waals surface area contributed by atoms with Crippen LogP contribution < -0.4 is 11.2 Å². The lowest BCUT2D eigenvalue weighted by Gasteiger charge is -2.16. The third-order valence-electron chi connectivity index (χ3n) is 3.14. The van der Waals surface area contributed by atoms with Crippen molar-refractivity contribution >= 4 is 34.5 Å². The number of rotatable bonds is 4. The first-order chi connectivity index (χ1) is 9.58. The van der Waals surface area contributed by atoms with Crippen LogP contribution in [0.5, 0.6) is 0 Å². The molecule has 0 saturated carbocycles. The van der Waals surface area contributed by atoms with E-state index >= 15 is 0 Å². The summed E-state index contributed by atoms with van der Waals surface area (Å²) in [7, 11) is 0. The topological polar surface area (TPSA) is 70.7 Å². The van der Waals surface area contributed by atoms with E-state index in [0.29, 0.717) is 0 Å². The van der Waals surface area contributed by atoms with Gasteiger partial charge in [-0.05, 0) is 37.5 Å². The van der Waals surface area contributed by atoms with Gasteiger partial charge in [0.2, 0.25) is 0 Å². The fraction of sp³-hybridized carbons (Fsp3) is 0.357. The molecule has 1 aromatic rings. The molecule has 3 N–H and O–H groups in total. The van der Waals surface area contributed by atoms with E-state index in [-0.39, 0.29) is 16.6 Å². The molecule has 1 aliphatic rings. The number of hydrogen-bond acceptors (Lipinski definition) is 4. The van der Waals surface area contributed by atoms with Crippen molar-refractivity contribution in [3.05, 3.63) is 29.8 Å². The summed E-state index contributed by atoms with van der Waals surface area (Å²) >= 11 is 4.93. The maximum atomic E-state index is 12.3. The maximum absolute atomic E-state index is 12.3. The van der Waals surface area contributed by atoms with Crippen molar-refractivity contribution in [3.63, 3.8) is 0 Å². The van der Waals surface area contributed by atoms with Crippen LogP contribution >= 0.6 is 12.2 Å². The zero-order valence-corrected chi connectivity index (χ0v) is 12.2. The van der Waals surface area contributed by atoms with Crippen molar-refractivity contribution in [2.45, 2.75) is 19.8 Å². The lowest BCUT2D eigenvalue weighted by atomic mass is 10.2. The van der Waals surface area contributed by atoms with Crippen LogP contribution in [-0.4, -0.2) is 34.6 Å². The van der Waals surface area contributed by atoms with Crippen molar-refractivity contribution in [3.8, 4) is 0 Å². The zero-order valence-electron chi connectivity index (χ0n) is 11.4. The second kappa shape index (κ2) is 6.47. The second-order valence-corrected chi connectivity index (χ2v) is 5.25.